The third-order valence-electron chi connectivity index (χ3n) is 4.94. The number of non-ortho nitro benzene ring substituents is 1. The second-order valence-corrected chi connectivity index (χ2v) is 7.55. The van der Waals surface area contributed by atoms with E-state index in [1.165, 1.54) is 12.1 Å². The molecule has 0 aliphatic carbocycles. The highest BCUT2D eigenvalue weighted by Crippen LogP contribution is 2.26. The molecule has 1 fully saturated rings. The summed E-state index contributed by atoms with van der Waals surface area (Å²) in [5, 5.41) is 11.5. The van der Waals surface area contributed by atoms with Gasteiger partial charge in [-0.05, 0) is 48.5 Å². The second kappa shape index (κ2) is 8.23. The van der Waals surface area contributed by atoms with Gasteiger partial charge in [0.15, 0.2) is 5.76 Å². The molecule has 2 aromatic carbocycles. The summed E-state index contributed by atoms with van der Waals surface area (Å²) in [6.07, 6.45) is 0. The standard InChI is InChI=1S/C21H18ClN3O3S/c22-16-3-1-15(2-4-16)19-9-10-20(28-19)21(29)24-13-11-23(12-14-24)17-5-7-18(8-6-17)25(26)27/h1-10H,11-14H2. The fourth-order valence-corrected chi connectivity index (χ4v) is 3.75. The summed E-state index contributed by atoms with van der Waals surface area (Å²) in [7, 11) is 0. The van der Waals surface area contributed by atoms with Crippen molar-refractivity contribution < 1.29 is 9.34 Å². The molecular formula is C21H18ClN3O3S. The number of piperazine rings is 1. The zero-order chi connectivity index (χ0) is 20.4. The predicted octanol–water partition coefficient (Wildman–Crippen LogP) is 5.01. The van der Waals surface area contributed by atoms with Crippen LogP contribution in [0.2, 0.25) is 5.02 Å². The Hall–Kier alpha value is -2.90. The molecule has 0 N–H and O–H groups in total. The summed E-state index contributed by atoms with van der Waals surface area (Å²) >= 11 is 11.6. The third kappa shape index (κ3) is 4.26. The Morgan fingerprint density at radius 1 is 0.966 bits per heavy atom. The van der Waals surface area contributed by atoms with Gasteiger partial charge in [-0.1, -0.05) is 23.8 Å². The lowest BCUT2D eigenvalue weighted by Gasteiger charge is -2.36. The van der Waals surface area contributed by atoms with E-state index in [1.807, 2.05) is 36.4 Å². The molecule has 0 bridgehead atoms. The minimum absolute atomic E-state index is 0.0999. The molecule has 1 saturated heterocycles. The van der Waals surface area contributed by atoms with Gasteiger partial charge in [-0.3, -0.25) is 10.1 Å². The van der Waals surface area contributed by atoms with Gasteiger partial charge in [0.05, 0.1) is 4.92 Å². The Balaban J connectivity index is 1.39. The second-order valence-electron chi connectivity index (χ2n) is 6.72. The van der Waals surface area contributed by atoms with Crippen LogP contribution in [0.25, 0.3) is 11.3 Å². The lowest BCUT2D eigenvalue weighted by atomic mass is 10.2. The van der Waals surface area contributed by atoms with Crippen molar-refractivity contribution in [1.29, 1.82) is 0 Å². The van der Waals surface area contributed by atoms with E-state index >= 15 is 0 Å². The van der Waals surface area contributed by atoms with E-state index in [9.17, 15) is 10.1 Å². The summed E-state index contributed by atoms with van der Waals surface area (Å²) in [5.41, 5.74) is 2.03. The molecule has 3 aromatic rings. The highest BCUT2D eigenvalue weighted by Gasteiger charge is 2.22. The molecule has 148 valence electrons. The van der Waals surface area contributed by atoms with E-state index in [0.29, 0.717) is 15.8 Å². The van der Waals surface area contributed by atoms with Gasteiger partial charge in [0, 0.05) is 54.6 Å². The monoisotopic (exact) mass is 427 g/mol. The Kier molecular flexibility index (Phi) is 5.51. The summed E-state index contributed by atoms with van der Waals surface area (Å²) in [5.74, 6) is 1.43. The lowest BCUT2D eigenvalue weighted by Crippen LogP contribution is -2.48. The normalized spacial score (nSPS) is 14.1. The van der Waals surface area contributed by atoms with Gasteiger partial charge in [0.2, 0.25) is 0 Å². The number of nitrogens with zero attached hydrogens (tertiary/aromatic N) is 3. The van der Waals surface area contributed by atoms with Crippen molar-refractivity contribution in [2.24, 2.45) is 0 Å². The molecule has 0 radical (unpaired) electrons. The maximum atomic E-state index is 10.8. The minimum atomic E-state index is -0.387. The molecule has 4 rings (SSSR count). The predicted molar refractivity (Wildman–Crippen MR) is 118 cm³/mol. The van der Waals surface area contributed by atoms with Crippen LogP contribution in [0.3, 0.4) is 0 Å². The first-order chi connectivity index (χ1) is 14.0. The Morgan fingerprint density at radius 2 is 1.62 bits per heavy atom. The quantitative estimate of drug-likeness (QED) is 0.331. The SMILES string of the molecule is O=[N+]([O-])c1ccc(N2CCN(C(=S)c3ccc(-c4ccc(Cl)cc4)o3)CC2)cc1. The van der Waals surface area contributed by atoms with Crippen LogP contribution in [0.5, 0.6) is 0 Å². The van der Waals surface area contributed by atoms with E-state index in [1.54, 1.807) is 12.1 Å². The molecule has 2 heterocycles. The zero-order valence-electron chi connectivity index (χ0n) is 15.5. The van der Waals surface area contributed by atoms with Crippen LogP contribution in [-0.4, -0.2) is 41.0 Å². The van der Waals surface area contributed by atoms with E-state index < -0.39 is 0 Å². The summed E-state index contributed by atoms with van der Waals surface area (Å²) in [6, 6.07) is 17.9. The lowest BCUT2D eigenvalue weighted by molar-refractivity contribution is -0.384. The number of thiocarbonyl (C=S) groups is 1. The molecule has 0 unspecified atom stereocenters. The number of benzene rings is 2. The molecule has 0 saturated carbocycles. The maximum absolute atomic E-state index is 10.8. The number of furan rings is 1. The number of anilines is 1. The van der Waals surface area contributed by atoms with Gasteiger partial charge < -0.3 is 14.2 Å². The van der Waals surface area contributed by atoms with Crippen LogP contribution in [-0.2, 0) is 0 Å². The number of halogens is 1. The largest absolute Gasteiger partial charge is 0.454 e. The van der Waals surface area contributed by atoms with E-state index in [4.69, 9.17) is 28.2 Å². The van der Waals surface area contributed by atoms with E-state index in [2.05, 4.69) is 9.80 Å². The molecule has 1 aromatic heterocycles. The first-order valence-electron chi connectivity index (χ1n) is 9.16. The highest BCUT2D eigenvalue weighted by molar-refractivity contribution is 7.80. The summed E-state index contributed by atoms with van der Waals surface area (Å²) in [4.78, 5) is 15.4. The van der Waals surface area contributed by atoms with Crippen LogP contribution in [0, 0.1) is 10.1 Å². The van der Waals surface area contributed by atoms with Crippen molar-refractivity contribution in [2.75, 3.05) is 31.1 Å². The summed E-state index contributed by atoms with van der Waals surface area (Å²) < 4.78 is 5.97. The van der Waals surface area contributed by atoms with Crippen molar-refractivity contribution in [1.82, 2.24) is 4.90 Å². The Labute approximate surface area is 178 Å². The Bertz CT molecular complexity index is 1030. The smallest absolute Gasteiger partial charge is 0.269 e. The van der Waals surface area contributed by atoms with E-state index in [-0.39, 0.29) is 10.6 Å². The average molecular weight is 428 g/mol. The summed E-state index contributed by atoms with van der Waals surface area (Å²) in [6.45, 7) is 3.07. The third-order valence-corrected chi connectivity index (χ3v) is 5.65. The van der Waals surface area contributed by atoms with E-state index in [0.717, 1.165) is 43.2 Å². The van der Waals surface area contributed by atoms with Crippen molar-refractivity contribution in [3.8, 4) is 11.3 Å². The first kappa shape index (κ1) is 19.4. The number of hydrogen-bond acceptors (Lipinski definition) is 5. The van der Waals surface area contributed by atoms with Crippen LogP contribution >= 0.6 is 23.8 Å². The van der Waals surface area contributed by atoms with Crippen LogP contribution in [0.4, 0.5) is 11.4 Å². The molecule has 29 heavy (non-hydrogen) atoms. The van der Waals surface area contributed by atoms with Gasteiger partial charge in [0.25, 0.3) is 5.69 Å². The average Bonchev–Trinajstić information content (AvgIpc) is 3.24. The highest BCUT2D eigenvalue weighted by atomic mass is 35.5. The number of nitro groups is 1. The molecule has 0 atom stereocenters. The number of rotatable bonds is 4. The molecular weight excluding hydrogens is 410 g/mol. The van der Waals surface area contributed by atoms with Crippen molar-refractivity contribution >= 4 is 40.2 Å². The molecule has 1 aliphatic rings. The topological polar surface area (TPSA) is 62.8 Å². The first-order valence-corrected chi connectivity index (χ1v) is 9.94. The Morgan fingerprint density at radius 3 is 2.24 bits per heavy atom. The van der Waals surface area contributed by atoms with Crippen LogP contribution in [0.1, 0.15) is 5.76 Å². The van der Waals surface area contributed by atoms with Gasteiger partial charge in [-0.2, -0.15) is 0 Å². The minimum Gasteiger partial charge on any atom is -0.454 e. The van der Waals surface area contributed by atoms with Crippen molar-refractivity contribution in [2.45, 2.75) is 0 Å². The maximum Gasteiger partial charge on any atom is 0.269 e. The molecule has 8 heteroatoms. The van der Waals surface area contributed by atoms with Crippen LogP contribution in [0.15, 0.2) is 65.1 Å². The molecule has 0 amide bonds. The van der Waals surface area contributed by atoms with Gasteiger partial charge in [-0.15, -0.1) is 0 Å². The van der Waals surface area contributed by atoms with Gasteiger partial charge in [0.1, 0.15) is 10.7 Å². The molecule has 0 spiro atoms. The van der Waals surface area contributed by atoms with Crippen LogP contribution < -0.4 is 4.90 Å². The van der Waals surface area contributed by atoms with Gasteiger partial charge in [-0.25, -0.2) is 0 Å². The molecule has 6 nitrogen and oxygen atoms in total. The zero-order valence-corrected chi connectivity index (χ0v) is 17.0. The van der Waals surface area contributed by atoms with Crippen molar-refractivity contribution in [3.05, 3.63) is 81.6 Å². The number of hydrogen-bond donors (Lipinski definition) is 0. The number of nitro benzene ring substituents is 1. The molecule has 1 aliphatic heterocycles. The van der Waals surface area contributed by atoms with Crippen molar-refractivity contribution in [3.63, 3.8) is 0 Å². The fourth-order valence-electron chi connectivity index (χ4n) is 3.33. The fraction of sp³-hybridized carbons (Fsp3) is 0.190. The van der Waals surface area contributed by atoms with Gasteiger partial charge >= 0.3 is 0 Å².